The molecule has 3 heteroatoms. The lowest BCUT2D eigenvalue weighted by molar-refractivity contribution is 0.0449. The van der Waals surface area contributed by atoms with Crippen molar-refractivity contribution >= 4 is 0 Å². The lowest BCUT2D eigenvalue weighted by Gasteiger charge is -2.30. The highest BCUT2D eigenvalue weighted by atomic mass is 16.3. The Hall–Kier alpha value is -0.120. The SMILES string of the molecule is CC(C)(C)C(O)CCN1CCCN2CCCC2C1. The predicted molar refractivity (Wildman–Crippen MR) is 75.7 cm³/mol. The summed E-state index contributed by atoms with van der Waals surface area (Å²) in [5.41, 5.74) is 0.0191. The van der Waals surface area contributed by atoms with Gasteiger partial charge in [-0.15, -0.1) is 0 Å². The van der Waals surface area contributed by atoms with E-state index in [0.717, 1.165) is 19.0 Å². The van der Waals surface area contributed by atoms with E-state index in [1.165, 1.54) is 45.4 Å². The molecule has 2 rings (SSSR count). The van der Waals surface area contributed by atoms with Gasteiger partial charge in [-0.2, -0.15) is 0 Å². The highest BCUT2D eigenvalue weighted by Gasteiger charge is 2.29. The normalized spacial score (nSPS) is 29.0. The second kappa shape index (κ2) is 5.89. The minimum absolute atomic E-state index is 0.0191. The zero-order valence-electron chi connectivity index (χ0n) is 12.4. The fourth-order valence-corrected chi connectivity index (χ4v) is 3.22. The molecule has 3 nitrogen and oxygen atoms in total. The Kier molecular flexibility index (Phi) is 4.68. The van der Waals surface area contributed by atoms with Crippen molar-refractivity contribution in [3.05, 3.63) is 0 Å². The second-order valence-corrected chi connectivity index (χ2v) is 7.16. The van der Waals surface area contributed by atoms with Crippen molar-refractivity contribution in [2.75, 3.05) is 32.7 Å². The Bertz CT molecular complexity index is 262. The van der Waals surface area contributed by atoms with E-state index in [1.807, 2.05) is 0 Å². The first kappa shape index (κ1) is 14.3. The summed E-state index contributed by atoms with van der Waals surface area (Å²) in [7, 11) is 0. The van der Waals surface area contributed by atoms with Crippen molar-refractivity contribution < 1.29 is 5.11 Å². The molecule has 0 bridgehead atoms. The first-order valence-corrected chi connectivity index (χ1v) is 7.61. The quantitative estimate of drug-likeness (QED) is 0.834. The van der Waals surface area contributed by atoms with E-state index in [1.54, 1.807) is 0 Å². The highest BCUT2D eigenvalue weighted by Crippen LogP contribution is 2.24. The average molecular weight is 254 g/mol. The van der Waals surface area contributed by atoms with E-state index in [0.29, 0.717) is 0 Å². The van der Waals surface area contributed by atoms with Crippen molar-refractivity contribution in [2.45, 2.75) is 58.6 Å². The Morgan fingerprint density at radius 3 is 2.61 bits per heavy atom. The fraction of sp³-hybridized carbons (Fsp3) is 1.00. The van der Waals surface area contributed by atoms with Gasteiger partial charge in [0.1, 0.15) is 0 Å². The average Bonchev–Trinajstić information content (AvgIpc) is 2.63. The van der Waals surface area contributed by atoms with E-state index < -0.39 is 0 Å². The van der Waals surface area contributed by atoms with Gasteiger partial charge in [-0.1, -0.05) is 20.8 Å². The molecule has 1 N–H and O–H groups in total. The molecule has 0 aromatic heterocycles. The number of nitrogens with zero attached hydrogens (tertiary/aromatic N) is 2. The van der Waals surface area contributed by atoms with Gasteiger partial charge in [0.25, 0.3) is 0 Å². The summed E-state index contributed by atoms with van der Waals surface area (Å²) in [6, 6.07) is 0.791. The molecule has 18 heavy (non-hydrogen) atoms. The van der Waals surface area contributed by atoms with Gasteiger partial charge in [0.2, 0.25) is 0 Å². The summed E-state index contributed by atoms with van der Waals surface area (Å²) < 4.78 is 0. The fourth-order valence-electron chi connectivity index (χ4n) is 3.22. The number of aliphatic hydroxyl groups excluding tert-OH is 1. The Morgan fingerprint density at radius 1 is 1.17 bits per heavy atom. The van der Waals surface area contributed by atoms with Gasteiger partial charge >= 0.3 is 0 Å². The first-order valence-electron chi connectivity index (χ1n) is 7.61. The minimum Gasteiger partial charge on any atom is -0.393 e. The summed E-state index contributed by atoms with van der Waals surface area (Å²) in [6.07, 6.45) is 4.78. The van der Waals surface area contributed by atoms with Crippen LogP contribution in [0.3, 0.4) is 0 Å². The van der Waals surface area contributed by atoms with Gasteiger partial charge in [-0.25, -0.2) is 0 Å². The van der Waals surface area contributed by atoms with Crippen LogP contribution in [-0.2, 0) is 0 Å². The van der Waals surface area contributed by atoms with Gasteiger partial charge < -0.3 is 10.0 Å². The number of fused-ring (bicyclic) bond motifs is 1. The molecule has 2 aliphatic rings. The summed E-state index contributed by atoms with van der Waals surface area (Å²) >= 11 is 0. The smallest absolute Gasteiger partial charge is 0.0600 e. The van der Waals surface area contributed by atoms with Gasteiger partial charge in [0, 0.05) is 19.1 Å². The summed E-state index contributed by atoms with van der Waals surface area (Å²) in [5, 5.41) is 10.1. The third-order valence-corrected chi connectivity index (χ3v) is 4.61. The second-order valence-electron chi connectivity index (χ2n) is 7.16. The van der Waals surface area contributed by atoms with Crippen LogP contribution in [0.5, 0.6) is 0 Å². The number of hydrogen-bond donors (Lipinski definition) is 1. The molecule has 2 atom stereocenters. The summed E-state index contributed by atoms with van der Waals surface area (Å²) in [5.74, 6) is 0. The maximum atomic E-state index is 10.1. The van der Waals surface area contributed by atoms with E-state index >= 15 is 0 Å². The molecular weight excluding hydrogens is 224 g/mol. The molecule has 0 saturated carbocycles. The molecule has 0 aromatic carbocycles. The molecule has 0 aliphatic carbocycles. The standard InChI is InChI=1S/C15H30N2O/c1-15(2,3)14(18)7-11-16-8-5-10-17-9-4-6-13(17)12-16/h13-14,18H,4-12H2,1-3H3. The number of rotatable bonds is 3. The lowest BCUT2D eigenvalue weighted by Crippen LogP contribution is -2.38. The Labute approximate surface area is 112 Å². The van der Waals surface area contributed by atoms with Crippen LogP contribution in [0.4, 0.5) is 0 Å². The monoisotopic (exact) mass is 254 g/mol. The minimum atomic E-state index is -0.180. The molecule has 2 saturated heterocycles. The van der Waals surface area contributed by atoms with Crippen molar-refractivity contribution in [2.24, 2.45) is 5.41 Å². The van der Waals surface area contributed by atoms with Gasteiger partial charge in [0.15, 0.2) is 0 Å². The molecule has 2 fully saturated rings. The highest BCUT2D eigenvalue weighted by molar-refractivity contribution is 4.85. The lowest BCUT2D eigenvalue weighted by atomic mass is 9.87. The molecule has 0 spiro atoms. The number of aliphatic hydroxyl groups is 1. The molecule has 0 radical (unpaired) electrons. The van der Waals surface area contributed by atoms with Crippen LogP contribution in [0, 0.1) is 5.41 Å². The molecule has 106 valence electrons. The van der Waals surface area contributed by atoms with Crippen LogP contribution in [0.1, 0.15) is 46.5 Å². The van der Waals surface area contributed by atoms with Crippen molar-refractivity contribution in [1.29, 1.82) is 0 Å². The van der Waals surface area contributed by atoms with Gasteiger partial charge in [0.05, 0.1) is 6.10 Å². The van der Waals surface area contributed by atoms with Crippen LogP contribution < -0.4 is 0 Å². The molecule has 2 aliphatic heterocycles. The van der Waals surface area contributed by atoms with Crippen LogP contribution >= 0.6 is 0 Å². The Balaban J connectivity index is 1.79. The molecule has 2 heterocycles. The van der Waals surface area contributed by atoms with Crippen LogP contribution in [0.25, 0.3) is 0 Å². The van der Waals surface area contributed by atoms with Gasteiger partial charge in [-0.05, 0) is 50.7 Å². The molecule has 2 unspecified atom stereocenters. The van der Waals surface area contributed by atoms with Crippen molar-refractivity contribution in [3.63, 3.8) is 0 Å². The van der Waals surface area contributed by atoms with Crippen LogP contribution in [0.2, 0.25) is 0 Å². The van der Waals surface area contributed by atoms with E-state index in [2.05, 4.69) is 30.6 Å². The van der Waals surface area contributed by atoms with Crippen LogP contribution in [0.15, 0.2) is 0 Å². The molecule has 0 aromatic rings. The van der Waals surface area contributed by atoms with E-state index in [9.17, 15) is 5.11 Å². The topological polar surface area (TPSA) is 26.7 Å². The van der Waals surface area contributed by atoms with Crippen molar-refractivity contribution in [3.8, 4) is 0 Å². The van der Waals surface area contributed by atoms with Gasteiger partial charge in [-0.3, -0.25) is 4.90 Å². The van der Waals surface area contributed by atoms with Crippen LogP contribution in [-0.4, -0.2) is 59.8 Å². The molecule has 0 amide bonds. The maximum Gasteiger partial charge on any atom is 0.0600 e. The molecular formula is C15H30N2O. The predicted octanol–water partition coefficient (Wildman–Crippen LogP) is 1.95. The largest absolute Gasteiger partial charge is 0.393 e. The summed E-state index contributed by atoms with van der Waals surface area (Å²) in [6.45, 7) is 12.5. The van der Waals surface area contributed by atoms with E-state index in [4.69, 9.17) is 0 Å². The third-order valence-electron chi connectivity index (χ3n) is 4.61. The third kappa shape index (κ3) is 3.69. The number of hydrogen-bond acceptors (Lipinski definition) is 3. The first-order chi connectivity index (χ1) is 8.47. The summed E-state index contributed by atoms with van der Waals surface area (Å²) in [4.78, 5) is 5.24. The van der Waals surface area contributed by atoms with Crippen molar-refractivity contribution in [1.82, 2.24) is 9.80 Å². The zero-order valence-corrected chi connectivity index (χ0v) is 12.4. The zero-order chi connectivity index (χ0) is 13.2. The maximum absolute atomic E-state index is 10.1. The Morgan fingerprint density at radius 2 is 1.89 bits per heavy atom. The van der Waals surface area contributed by atoms with E-state index in [-0.39, 0.29) is 11.5 Å².